The summed E-state index contributed by atoms with van der Waals surface area (Å²) in [5.74, 6) is 0.261. The van der Waals surface area contributed by atoms with Crippen molar-refractivity contribution < 1.29 is 4.79 Å². The minimum atomic E-state index is -0.0292. The number of fused-ring (bicyclic) bond motifs is 1. The molecule has 2 rings (SSSR count). The van der Waals surface area contributed by atoms with Crippen LogP contribution < -0.4 is 5.73 Å². The highest BCUT2D eigenvalue weighted by Crippen LogP contribution is 2.33. The first kappa shape index (κ1) is 15.0. The van der Waals surface area contributed by atoms with Crippen LogP contribution in [0.25, 0.3) is 0 Å². The summed E-state index contributed by atoms with van der Waals surface area (Å²) in [4.78, 5) is 14.6. The predicted octanol–water partition coefficient (Wildman–Crippen LogP) is 2.55. The van der Waals surface area contributed by atoms with Crippen LogP contribution in [0.1, 0.15) is 43.7 Å². The smallest absolute Gasteiger partial charge is 0.229 e. The van der Waals surface area contributed by atoms with Gasteiger partial charge in [-0.2, -0.15) is 0 Å². The van der Waals surface area contributed by atoms with E-state index in [2.05, 4.69) is 32.0 Å². The number of nitrogens with two attached hydrogens (primary N) is 1. The fraction of sp³-hybridized carbons (Fsp3) is 0.588. The summed E-state index contributed by atoms with van der Waals surface area (Å²) in [5, 5.41) is 0. The van der Waals surface area contributed by atoms with Gasteiger partial charge in [-0.05, 0) is 42.3 Å². The first-order chi connectivity index (χ1) is 9.44. The lowest BCUT2D eigenvalue weighted by molar-refractivity contribution is -0.133. The first-order valence-corrected chi connectivity index (χ1v) is 7.47. The van der Waals surface area contributed by atoms with Crippen molar-refractivity contribution in [2.75, 3.05) is 20.1 Å². The fourth-order valence-electron chi connectivity index (χ4n) is 3.06. The van der Waals surface area contributed by atoms with Crippen LogP contribution in [0.2, 0.25) is 0 Å². The fourth-order valence-corrected chi connectivity index (χ4v) is 3.06. The lowest BCUT2D eigenvalue weighted by Crippen LogP contribution is -2.42. The van der Waals surface area contributed by atoms with Crippen LogP contribution in [0.15, 0.2) is 24.3 Å². The van der Waals surface area contributed by atoms with Crippen molar-refractivity contribution >= 4 is 5.91 Å². The van der Waals surface area contributed by atoms with Crippen molar-refractivity contribution in [3.05, 3.63) is 35.4 Å². The largest absolute Gasteiger partial charge is 0.345 e. The van der Waals surface area contributed by atoms with E-state index in [4.69, 9.17) is 5.73 Å². The number of amides is 1. The number of hydrogen-bond acceptors (Lipinski definition) is 2. The number of benzene rings is 1. The van der Waals surface area contributed by atoms with Gasteiger partial charge < -0.3 is 10.6 Å². The average molecular weight is 274 g/mol. The van der Waals surface area contributed by atoms with Gasteiger partial charge in [-0.3, -0.25) is 4.79 Å². The van der Waals surface area contributed by atoms with Crippen molar-refractivity contribution in [1.29, 1.82) is 0 Å². The van der Waals surface area contributed by atoms with Crippen molar-refractivity contribution in [1.82, 2.24) is 4.90 Å². The monoisotopic (exact) mass is 274 g/mol. The van der Waals surface area contributed by atoms with Gasteiger partial charge in [0.2, 0.25) is 5.91 Å². The third kappa shape index (κ3) is 3.21. The maximum Gasteiger partial charge on any atom is 0.229 e. The molecule has 0 aliphatic heterocycles. The van der Waals surface area contributed by atoms with Gasteiger partial charge in [-0.25, -0.2) is 0 Å². The zero-order valence-electron chi connectivity index (χ0n) is 12.9. The molecule has 1 amide bonds. The molecule has 1 aromatic rings. The molecule has 0 saturated carbocycles. The van der Waals surface area contributed by atoms with E-state index < -0.39 is 0 Å². The topological polar surface area (TPSA) is 46.3 Å². The van der Waals surface area contributed by atoms with Gasteiger partial charge >= 0.3 is 0 Å². The van der Waals surface area contributed by atoms with Gasteiger partial charge in [0.25, 0.3) is 0 Å². The van der Waals surface area contributed by atoms with Gasteiger partial charge in [-0.15, -0.1) is 0 Å². The van der Waals surface area contributed by atoms with Crippen molar-refractivity contribution in [3.8, 4) is 0 Å². The number of rotatable bonds is 4. The number of nitrogens with zero attached hydrogens (tertiary/aromatic N) is 1. The molecule has 3 nitrogen and oxygen atoms in total. The molecular formula is C17H26N2O. The average Bonchev–Trinajstić information content (AvgIpc) is 2.45. The van der Waals surface area contributed by atoms with Crippen LogP contribution in [0.4, 0.5) is 0 Å². The van der Waals surface area contributed by atoms with E-state index >= 15 is 0 Å². The molecule has 1 aromatic carbocycles. The van der Waals surface area contributed by atoms with Crippen LogP contribution in [-0.2, 0) is 11.2 Å². The molecular weight excluding hydrogens is 248 g/mol. The highest BCUT2D eigenvalue weighted by Gasteiger charge is 2.30. The Balaban J connectivity index is 2.14. The van der Waals surface area contributed by atoms with Crippen LogP contribution in [-0.4, -0.2) is 30.9 Å². The van der Waals surface area contributed by atoms with E-state index in [1.165, 1.54) is 11.1 Å². The minimum Gasteiger partial charge on any atom is -0.345 e. The summed E-state index contributed by atoms with van der Waals surface area (Å²) in [6.07, 6.45) is 3.16. The quantitative estimate of drug-likeness (QED) is 0.917. The number of aryl methyl sites for hydroxylation is 1. The summed E-state index contributed by atoms with van der Waals surface area (Å²) >= 11 is 0. The Morgan fingerprint density at radius 3 is 2.80 bits per heavy atom. The Morgan fingerprint density at radius 2 is 2.10 bits per heavy atom. The van der Waals surface area contributed by atoms with Gasteiger partial charge in [0, 0.05) is 13.6 Å². The van der Waals surface area contributed by atoms with Crippen LogP contribution in [0, 0.1) is 5.41 Å². The van der Waals surface area contributed by atoms with Crippen molar-refractivity contribution in [3.63, 3.8) is 0 Å². The van der Waals surface area contributed by atoms with Gasteiger partial charge in [-0.1, -0.05) is 38.1 Å². The molecule has 20 heavy (non-hydrogen) atoms. The van der Waals surface area contributed by atoms with Crippen LogP contribution in [0.5, 0.6) is 0 Å². The normalized spacial score (nSPS) is 18.5. The van der Waals surface area contributed by atoms with Gasteiger partial charge in [0.15, 0.2) is 0 Å². The van der Waals surface area contributed by atoms with Gasteiger partial charge in [0.1, 0.15) is 0 Å². The summed E-state index contributed by atoms with van der Waals surface area (Å²) < 4.78 is 0. The highest BCUT2D eigenvalue weighted by molar-refractivity contribution is 5.84. The second kappa shape index (κ2) is 5.96. The molecule has 0 saturated heterocycles. The standard InChI is InChI=1S/C17H26N2O/c1-17(2,11-18)12-19(3)16(20)15-10-6-8-13-7-4-5-9-14(13)15/h4-5,7,9,15H,6,8,10-12,18H2,1-3H3. The molecule has 110 valence electrons. The maximum absolute atomic E-state index is 12.7. The SMILES string of the molecule is CN(CC(C)(C)CN)C(=O)C1CCCc2ccccc21. The Morgan fingerprint density at radius 1 is 1.40 bits per heavy atom. The minimum absolute atomic E-state index is 0.0264. The number of hydrogen-bond donors (Lipinski definition) is 1. The summed E-state index contributed by atoms with van der Waals surface area (Å²) in [5.41, 5.74) is 8.30. The zero-order chi connectivity index (χ0) is 14.8. The molecule has 2 N–H and O–H groups in total. The summed E-state index contributed by atoms with van der Waals surface area (Å²) in [6, 6.07) is 8.36. The Kier molecular flexibility index (Phi) is 4.48. The molecule has 1 unspecified atom stereocenters. The lowest BCUT2D eigenvalue weighted by Gasteiger charge is -2.33. The van der Waals surface area contributed by atoms with E-state index in [1.807, 2.05) is 18.0 Å². The molecule has 0 bridgehead atoms. The number of carbonyl (C=O) groups excluding carboxylic acids is 1. The molecule has 3 heteroatoms. The second-order valence-corrected chi connectivity index (χ2v) is 6.71. The van der Waals surface area contributed by atoms with E-state index in [0.29, 0.717) is 13.1 Å². The van der Waals surface area contributed by atoms with Crippen molar-refractivity contribution in [2.24, 2.45) is 11.1 Å². The van der Waals surface area contributed by atoms with E-state index in [9.17, 15) is 4.79 Å². The molecule has 0 fully saturated rings. The van der Waals surface area contributed by atoms with E-state index in [1.54, 1.807) is 0 Å². The van der Waals surface area contributed by atoms with Gasteiger partial charge in [0.05, 0.1) is 5.92 Å². The molecule has 0 aromatic heterocycles. The second-order valence-electron chi connectivity index (χ2n) is 6.71. The third-order valence-corrected chi connectivity index (χ3v) is 4.26. The Labute approximate surface area is 122 Å². The van der Waals surface area contributed by atoms with E-state index in [-0.39, 0.29) is 17.2 Å². The van der Waals surface area contributed by atoms with Crippen LogP contribution in [0.3, 0.4) is 0 Å². The zero-order valence-corrected chi connectivity index (χ0v) is 12.9. The number of likely N-dealkylation sites (N-methyl/N-ethyl adjacent to an activating group) is 1. The maximum atomic E-state index is 12.7. The first-order valence-electron chi connectivity index (χ1n) is 7.47. The molecule has 1 atom stereocenters. The van der Waals surface area contributed by atoms with Crippen LogP contribution >= 0.6 is 0 Å². The lowest BCUT2D eigenvalue weighted by atomic mass is 9.81. The molecule has 0 heterocycles. The molecule has 0 radical (unpaired) electrons. The molecule has 1 aliphatic carbocycles. The molecule has 0 spiro atoms. The Hall–Kier alpha value is -1.35. The third-order valence-electron chi connectivity index (χ3n) is 4.26. The predicted molar refractivity (Wildman–Crippen MR) is 82.6 cm³/mol. The molecule has 1 aliphatic rings. The highest BCUT2D eigenvalue weighted by atomic mass is 16.2. The Bertz CT molecular complexity index is 482. The number of carbonyl (C=O) groups is 1. The summed E-state index contributed by atoms with van der Waals surface area (Å²) in [7, 11) is 1.90. The summed E-state index contributed by atoms with van der Waals surface area (Å²) in [6.45, 7) is 5.50. The van der Waals surface area contributed by atoms with Crippen molar-refractivity contribution in [2.45, 2.75) is 39.0 Å². The van der Waals surface area contributed by atoms with E-state index in [0.717, 1.165) is 19.3 Å².